The maximum Gasteiger partial charge on any atom is 0.163 e. The molecule has 33 heavy (non-hydrogen) atoms. The van der Waals surface area contributed by atoms with Gasteiger partial charge in [0.05, 0.1) is 34.1 Å². The number of anilines is 1. The molecule has 1 aromatic carbocycles. The Balaban J connectivity index is 1.61. The van der Waals surface area contributed by atoms with Gasteiger partial charge in [-0.15, -0.1) is 0 Å². The van der Waals surface area contributed by atoms with Crippen molar-refractivity contribution in [1.29, 1.82) is 5.26 Å². The molecule has 0 unspecified atom stereocenters. The number of benzene rings is 1. The molecule has 4 aromatic rings. The molecule has 1 fully saturated rings. The minimum absolute atomic E-state index is 0.210. The van der Waals surface area contributed by atoms with Crippen molar-refractivity contribution >= 4 is 28.1 Å². The third-order valence-corrected chi connectivity index (χ3v) is 7.08. The normalized spacial score (nSPS) is 18.5. The number of fused-ring (bicyclic) bond motifs is 1. The zero-order valence-corrected chi connectivity index (χ0v) is 19.6. The summed E-state index contributed by atoms with van der Waals surface area (Å²) in [5, 5.41) is 33.4. The van der Waals surface area contributed by atoms with E-state index in [0.717, 1.165) is 59.3 Å². The molecule has 0 saturated heterocycles. The highest BCUT2D eigenvalue weighted by Crippen LogP contribution is 2.36. The van der Waals surface area contributed by atoms with Crippen molar-refractivity contribution in [2.45, 2.75) is 57.6 Å². The summed E-state index contributed by atoms with van der Waals surface area (Å²) in [6, 6.07) is 12.5. The third kappa shape index (κ3) is 4.12. The number of hydrogen-bond donors (Lipinski definition) is 2. The lowest BCUT2D eigenvalue weighted by molar-refractivity contribution is 0.126. The van der Waals surface area contributed by atoms with E-state index in [1.807, 2.05) is 29.1 Å². The molecular formula is C26H27N5OS. The number of pyridine rings is 1. The molecule has 0 bridgehead atoms. The molecule has 168 valence electrons. The summed E-state index contributed by atoms with van der Waals surface area (Å²) >= 11 is 1.68. The second kappa shape index (κ2) is 8.97. The molecule has 0 aliphatic heterocycles. The molecule has 6 nitrogen and oxygen atoms in total. The SMILES string of the molecule is CC(C)c1nn(-c2ccc(C#N)c(NC3CCC(O)CC3)c2)c2nccc(-c3ccsc3)c12. The van der Waals surface area contributed by atoms with Crippen LogP contribution in [0.25, 0.3) is 27.8 Å². The van der Waals surface area contributed by atoms with E-state index in [0.29, 0.717) is 5.56 Å². The van der Waals surface area contributed by atoms with Crippen molar-refractivity contribution in [2.75, 3.05) is 5.32 Å². The molecular weight excluding hydrogens is 430 g/mol. The first-order valence-corrected chi connectivity index (χ1v) is 12.4. The Morgan fingerprint density at radius 2 is 2.00 bits per heavy atom. The summed E-state index contributed by atoms with van der Waals surface area (Å²) in [7, 11) is 0. The molecule has 0 atom stereocenters. The monoisotopic (exact) mass is 457 g/mol. The fourth-order valence-electron chi connectivity index (χ4n) is 4.63. The van der Waals surface area contributed by atoms with Crippen LogP contribution in [0.3, 0.4) is 0 Å². The molecule has 0 radical (unpaired) electrons. The van der Waals surface area contributed by atoms with Crippen LogP contribution < -0.4 is 5.32 Å². The summed E-state index contributed by atoms with van der Waals surface area (Å²) in [6.45, 7) is 4.31. The van der Waals surface area contributed by atoms with Gasteiger partial charge in [-0.1, -0.05) is 13.8 Å². The average Bonchev–Trinajstić information content (AvgIpc) is 3.49. The van der Waals surface area contributed by atoms with E-state index in [-0.39, 0.29) is 18.1 Å². The predicted molar refractivity (Wildman–Crippen MR) is 133 cm³/mol. The second-order valence-electron chi connectivity index (χ2n) is 9.01. The lowest BCUT2D eigenvalue weighted by atomic mass is 9.93. The van der Waals surface area contributed by atoms with Crippen molar-refractivity contribution < 1.29 is 5.11 Å². The lowest BCUT2D eigenvalue weighted by Crippen LogP contribution is -2.28. The molecule has 1 aliphatic carbocycles. The summed E-state index contributed by atoms with van der Waals surface area (Å²) in [4.78, 5) is 4.72. The Bertz CT molecular complexity index is 1310. The molecule has 2 N–H and O–H groups in total. The number of nitriles is 1. The van der Waals surface area contributed by atoms with E-state index in [2.05, 4.69) is 48.1 Å². The first-order valence-electron chi connectivity index (χ1n) is 11.4. The predicted octanol–water partition coefficient (Wildman–Crippen LogP) is 5.86. The van der Waals surface area contributed by atoms with E-state index in [4.69, 9.17) is 10.1 Å². The van der Waals surface area contributed by atoms with Gasteiger partial charge in [0.1, 0.15) is 6.07 Å². The van der Waals surface area contributed by atoms with Crippen molar-refractivity contribution in [3.8, 4) is 22.9 Å². The fourth-order valence-corrected chi connectivity index (χ4v) is 5.29. The summed E-state index contributed by atoms with van der Waals surface area (Å²) < 4.78 is 1.90. The van der Waals surface area contributed by atoms with Crippen LogP contribution in [0.4, 0.5) is 5.69 Å². The van der Waals surface area contributed by atoms with E-state index in [9.17, 15) is 10.4 Å². The highest BCUT2D eigenvalue weighted by molar-refractivity contribution is 7.08. The number of hydrogen-bond acceptors (Lipinski definition) is 6. The summed E-state index contributed by atoms with van der Waals surface area (Å²) in [6.07, 6.45) is 4.99. The smallest absolute Gasteiger partial charge is 0.163 e. The van der Waals surface area contributed by atoms with Gasteiger partial charge >= 0.3 is 0 Å². The number of aliphatic hydroxyl groups is 1. The van der Waals surface area contributed by atoms with Crippen LogP contribution in [-0.4, -0.2) is 32.0 Å². The van der Waals surface area contributed by atoms with Crippen LogP contribution in [0.5, 0.6) is 0 Å². The Kier molecular flexibility index (Phi) is 5.88. The number of nitrogens with zero attached hydrogens (tertiary/aromatic N) is 4. The van der Waals surface area contributed by atoms with Gasteiger partial charge in [-0.3, -0.25) is 0 Å². The minimum Gasteiger partial charge on any atom is -0.393 e. The van der Waals surface area contributed by atoms with E-state index in [1.165, 1.54) is 5.56 Å². The lowest BCUT2D eigenvalue weighted by Gasteiger charge is -2.27. The van der Waals surface area contributed by atoms with Gasteiger partial charge in [0.15, 0.2) is 5.65 Å². The maximum absolute atomic E-state index is 9.83. The molecule has 3 aromatic heterocycles. The zero-order valence-electron chi connectivity index (χ0n) is 18.8. The Hall–Kier alpha value is -3.21. The number of thiophene rings is 1. The molecule has 1 saturated carbocycles. The summed E-state index contributed by atoms with van der Waals surface area (Å²) in [5.41, 5.74) is 6.44. The van der Waals surface area contributed by atoms with Crippen molar-refractivity contribution in [3.63, 3.8) is 0 Å². The third-order valence-electron chi connectivity index (χ3n) is 6.40. The number of aliphatic hydroxyl groups excluding tert-OH is 1. The Morgan fingerprint density at radius 1 is 1.18 bits per heavy atom. The topological polar surface area (TPSA) is 86.8 Å². The molecule has 5 rings (SSSR count). The van der Waals surface area contributed by atoms with Crippen LogP contribution in [0.15, 0.2) is 47.3 Å². The molecule has 0 amide bonds. The molecule has 0 spiro atoms. The number of nitrogens with one attached hydrogen (secondary N) is 1. The number of aromatic nitrogens is 3. The summed E-state index contributed by atoms with van der Waals surface area (Å²) in [5.74, 6) is 0.236. The first kappa shape index (κ1) is 21.6. The quantitative estimate of drug-likeness (QED) is 0.392. The second-order valence-corrected chi connectivity index (χ2v) is 9.79. The zero-order chi connectivity index (χ0) is 22.9. The highest BCUT2D eigenvalue weighted by Gasteiger charge is 2.22. The van der Waals surface area contributed by atoms with Gasteiger partial charge in [-0.05, 0) is 83.8 Å². The largest absolute Gasteiger partial charge is 0.393 e. The molecule has 3 heterocycles. The van der Waals surface area contributed by atoms with Gasteiger partial charge < -0.3 is 10.4 Å². The van der Waals surface area contributed by atoms with Gasteiger partial charge in [-0.25, -0.2) is 9.67 Å². The average molecular weight is 458 g/mol. The van der Waals surface area contributed by atoms with Crippen LogP contribution in [0.1, 0.15) is 56.7 Å². The van der Waals surface area contributed by atoms with E-state index in [1.54, 1.807) is 11.3 Å². The van der Waals surface area contributed by atoms with E-state index < -0.39 is 0 Å². The van der Waals surface area contributed by atoms with Crippen LogP contribution in [-0.2, 0) is 0 Å². The standard InChI is InChI=1S/C26H27N5OS/c1-16(2)25-24-22(18-10-12-33-15-18)9-11-28-26(24)31(30-25)20-6-3-17(14-27)23(13-20)29-19-4-7-21(32)8-5-19/h3,6,9-13,15-16,19,21,29,32H,4-5,7-8H2,1-2H3. The minimum atomic E-state index is -0.210. The van der Waals surface area contributed by atoms with Crippen molar-refractivity contribution in [3.05, 3.63) is 58.5 Å². The maximum atomic E-state index is 9.83. The van der Waals surface area contributed by atoms with Gasteiger partial charge in [0.25, 0.3) is 0 Å². The van der Waals surface area contributed by atoms with Gasteiger partial charge in [-0.2, -0.15) is 21.7 Å². The van der Waals surface area contributed by atoms with Gasteiger partial charge in [0, 0.05) is 12.2 Å². The van der Waals surface area contributed by atoms with Crippen LogP contribution in [0, 0.1) is 11.3 Å². The Morgan fingerprint density at radius 3 is 2.70 bits per heavy atom. The Labute approximate surface area is 197 Å². The molecule has 1 aliphatic rings. The fraction of sp³-hybridized carbons (Fsp3) is 0.346. The van der Waals surface area contributed by atoms with Crippen LogP contribution >= 0.6 is 11.3 Å². The molecule has 7 heteroatoms. The van der Waals surface area contributed by atoms with Crippen molar-refractivity contribution in [2.24, 2.45) is 0 Å². The van der Waals surface area contributed by atoms with E-state index >= 15 is 0 Å². The van der Waals surface area contributed by atoms with Gasteiger partial charge in [0.2, 0.25) is 0 Å². The first-order chi connectivity index (χ1) is 16.0. The van der Waals surface area contributed by atoms with Crippen LogP contribution in [0.2, 0.25) is 0 Å². The number of rotatable bonds is 5. The van der Waals surface area contributed by atoms with Crippen molar-refractivity contribution in [1.82, 2.24) is 14.8 Å². The highest BCUT2D eigenvalue weighted by atomic mass is 32.1.